The Morgan fingerprint density at radius 2 is 2.04 bits per heavy atom. The third-order valence-corrected chi connectivity index (χ3v) is 5.01. The van der Waals surface area contributed by atoms with Crippen molar-refractivity contribution >= 4 is 36.5 Å². The number of nitrogens with zero attached hydrogens (tertiary/aromatic N) is 4. The first-order valence-electron chi connectivity index (χ1n) is 9.29. The Morgan fingerprint density at radius 1 is 1.30 bits per heavy atom. The molecule has 0 aromatic carbocycles. The predicted octanol–water partition coefficient (Wildman–Crippen LogP) is 2.00. The fourth-order valence-corrected chi connectivity index (χ4v) is 3.75. The van der Waals surface area contributed by atoms with Crippen LogP contribution in [0.15, 0.2) is 12.3 Å². The standard InChI is InChI=1S/C18H29N5O2.2ClH/c1-3-4-15-11-22(13-18(24)23-7-9-25-10-8-23)12-16(15)21-17-5-6-19-14(2)20-17;;/h5-6,15-16H,3-4,7-13H2,1-2H3,(H,19,20,21);2*1H/t15-,16-;;/m0../s1. The van der Waals surface area contributed by atoms with Crippen LogP contribution >= 0.6 is 24.8 Å². The summed E-state index contributed by atoms with van der Waals surface area (Å²) in [7, 11) is 0. The minimum absolute atomic E-state index is 0. The number of amides is 1. The van der Waals surface area contributed by atoms with Crippen molar-refractivity contribution in [1.82, 2.24) is 19.8 Å². The molecular weight excluding hydrogens is 389 g/mol. The first-order chi connectivity index (χ1) is 12.2. The molecule has 9 heteroatoms. The fraction of sp³-hybridized carbons (Fsp3) is 0.722. The van der Waals surface area contributed by atoms with Crippen LogP contribution in [0.2, 0.25) is 0 Å². The number of carbonyl (C=O) groups is 1. The van der Waals surface area contributed by atoms with Crippen LogP contribution in [0.1, 0.15) is 25.6 Å². The molecule has 2 aliphatic heterocycles. The molecule has 0 radical (unpaired) electrons. The monoisotopic (exact) mass is 419 g/mol. The lowest BCUT2D eigenvalue weighted by atomic mass is 9.98. The molecule has 3 rings (SSSR count). The second-order valence-corrected chi connectivity index (χ2v) is 6.98. The van der Waals surface area contributed by atoms with Gasteiger partial charge in [-0.2, -0.15) is 0 Å². The van der Waals surface area contributed by atoms with E-state index < -0.39 is 0 Å². The Bertz CT molecular complexity index is 587. The van der Waals surface area contributed by atoms with Gasteiger partial charge in [0.05, 0.1) is 19.8 Å². The molecule has 1 aromatic rings. The van der Waals surface area contributed by atoms with Crippen molar-refractivity contribution in [3.63, 3.8) is 0 Å². The first kappa shape index (κ1) is 23.9. The summed E-state index contributed by atoms with van der Waals surface area (Å²) in [4.78, 5) is 25.3. The minimum Gasteiger partial charge on any atom is -0.378 e. The van der Waals surface area contributed by atoms with Gasteiger partial charge >= 0.3 is 0 Å². The Labute approximate surface area is 174 Å². The largest absolute Gasteiger partial charge is 0.378 e. The molecule has 2 atom stereocenters. The van der Waals surface area contributed by atoms with Crippen molar-refractivity contribution < 1.29 is 9.53 Å². The van der Waals surface area contributed by atoms with Crippen LogP contribution in [0.5, 0.6) is 0 Å². The molecule has 1 N–H and O–H groups in total. The highest BCUT2D eigenvalue weighted by Gasteiger charge is 2.34. The summed E-state index contributed by atoms with van der Waals surface area (Å²) < 4.78 is 5.33. The summed E-state index contributed by atoms with van der Waals surface area (Å²) in [6, 6.07) is 2.24. The zero-order chi connectivity index (χ0) is 17.6. The van der Waals surface area contributed by atoms with E-state index >= 15 is 0 Å². The van der Waals surface area contributed by atoms with Gasteiger partial charge in [0.1, 0.15) is 11.6 Å². The molecule has 0 bridgehead atoms. The number of ether oxygens (including phenoxy) is 1. The van der Waals surface area contributed by atoms with Gasteiger partial charge in [0, 0.05) is 38.4 Å². The molecule has 2 aliphatic rings. The number of aromatic nitrogens is 2. The van der Waals surface area contributed by atoms with Crippen LogP contribution in [-0.2, 0) is 9.53 Å². The van der Waals surface area contributed by atoms with Gasteiger partial charge in [-0.3, -0.25) is 9.69 Å². The molecule has 0 unspecified atom stereocenters. The molecular formula is C18H31Cl2N5O2. The van der Waals surface area contributed by atoms with Crippen molar-refractivity contribution in [2.45, 2.75) is 32.7 Å². The van der Waals surface area contributed by atoms with Gasteiger partial charge in [0.25, 0.3) is 0 Å². The number of carbonyl (C=O) groups excluding carboxylic acids is 1. The number of anilines is 1. The number of morpholine rings is 1. The predicted molar refractivity (Wildman–Crippen MR) is 111 cm³/mol. The van der Waals surface area contributed by atoms with Crippen molar-refractivity contribution in [1.29, 1.82) is 0 Å². The third kappa shape index (κ3) is 6.75. The molecule has 154 valence electrons. The molecule has 0 aliphatic carbocycles. The zero-order valence-corrected chi connectivity index (χ0v) is 17.7. The minimum atomic E-state index is 0. The van der Waals surface area contributed by atoms with Crippen LogP contribution in [0.3, 0.4) is 0 Å². The van der Waals surface area contributed by atoms with E-state index in [4.69, 9.17) is 4.74 Å². The highest BCUT2D eigenvalue weighted by atomic mass is 35.5. The summed E-state index contributed by atoms with van der Waals surface area (Å²) >= 11 is 0. The van der Waals surface area contributed by atoms with E-state index in [1.165, 1.54) is 0 Å². The Balaban J connectivity index is 0.00000182. The second-order valence-electron chi connectivity index (χ2n) is 6.98. The van der Waals surface area contributed by atoms with E-state index in [0.29, 0.717) is 44.8 Å². The van der Waals surface area contributed by atoms with Crippen LogP contribution in [-0.4, -0.2) is 77.7 Å². The second kappa shape index (κ2) is 11.6. The molecule has 0 spiro atoms. The van der Waals surface area contributed by atoms with Gasteiger partial charge in [0.2, 0.25) is 5.91 Å². The quantitative estimate of drug-likeness (QED) is 0.759. The fourth-order valence-electron chi connectivity index (χ4n) is 3.75. The van der Waals surface area contributed by atoms with Crippen molar-refractivity contribution in [2.24, 2.45) is 5.92 Å². The molecule has 7 nitrogen and oxygen atoms in total. The van der Waals surface area contributed by atoms with Gasteiger partial charge in [-0.05, 0) is 25.3 Å². The number of hydrogen-bond donors (Lipinski definition) is 1. The number of hydrogen-bond acceptors (Lipinski definition) is 6. The van der Waals surface area contributed by atoms with Gasteiger partial charge in [-0.25, -0.2) is 9.97 Å². The Morgan fingerprint density at radius 3 is 2.70 bits per heavy atom. The molecule has 0 saturated carbocycles. The third-order valence-electron chi connectivity index (χ3n) is 5.01. The van der Waals surface area contributed by atoms with E-state index in [1.54, 1.807) is 6.20 Å². The van der Waals surface area contributed by atoms with Crippen molar-refractivity contribution in [3.8, 4) is 0 Å². The summed E-state index contributed by atoms with van der Waals surface area (Å²) in [6.45, 7) is 9.20. The number of nitrogens with one attached hydrogen (secondary N) is 1. The normalized spacial score (nSPS) is 22.7. The summed E-state index contributed by atoms with van der Waals surface area (Å²) in [5, 5.41) is 3.56. The van der Waals surface area contributed by atoms with Crippen molar-refractivity contribution in [3.05, 3.63) is 18.1 Å². The maximum Gasteiger partial charge on any atom is 0.236 e. The van der Waals surface area contributed by atoms with E-state index in [2.05, 4.69) is 27.1 Å². The van der Waals surface area contributed by atoms with Crippen LogP contribution < -0.4 is 5.32 Å². The van der Waals surface area contributed by atoms with Gasteiger partial charge < -0.3 is 15.0 Å². The number of rotatable bonds is 6. The van der Waals surface area contributed by atoms with Crippen molar-refractivity contribution in [2.75, 3.05) is 51.3 Å². The molecule has 1 amide bonds. The lowest BCUT2D eigenvalue weighted by molar-refractivity contribution is -0.136. The van der Waals surface area contributed by atoms with Crippen LogP contribution in [0.4, 0.5) is 5.82 Å². The lowest BCUT2D eigenvalue weighted by Gasteiger charge is -2.28. The molecule has 27 heavy (non-hydrogen) atoms. The lowest BCUT2D eigenvalue weighted by Crippen LogP contribution is -2.45. The number of aryl methyl sites for hydroxylation is 1. The molecule has 3 heterocycles. The first-order valence-corrected chi connectivity index (χ1v) is 9.29. The summed E-state index contributed by atoms with van der Waals surface area (Å²) in [5.74, 6) is 2.41. The average Bonchev–Trinajstić information content (AvgIpc) is 2.97. The highest BCUT2D eigenvalue weighted by molar-refractivity contribution is 5.85. The molecule has 2 fully saturated rings. The average molecular weight is 420 g/mol. The maximum atomic E-state index is 12.5. The number of likely N-dealkylation sites (tertiary alicyclic amines) is 1. The Hall–Kier alpha value is -1.15. The molecule has 2 saturated heterocycles. The Kier molecular flexibility index (Phi) is 10.3. The van der Waals surface area contributed by atoms with E-state index in [9.17, 15) is 4.79 Å². The summed E-state index contributed by atoms with van der Waals surface area (Å²) in [6.07, 6.45) is 4.09. The zero-order valence-electron chi connectivity index (χ0n) is 16.1. The summed E-state index contributed by atoms with van der Waals surface area (Å²) in [5.41, 5.74) is 0. The highest BCUT2D eigenvalue weighted by Crippen LogP contribution is 2.24. The number of halogens is 2. The van der Waals surface area contributed by atoms with E-state index in [0.717, 1.165) is 37.6 Å². The van der Waals surface area contributed by atoms with E-state index in [-0.39, 0.29) is 30.7 Å². The molecule has 1 aromatic heterocycles. The van der Waals surface area contributed by atoms with E-state index in [1.807, 2.05) is 17.9 Å². The topological polar surface area (TPSA) is 70.6 Å². The smallest absolute Gasteiger partial charge is 0.236 e. The SMILES string of the molecule is CCC[C@H]1CN(CC(=O)N2CCOCC2)C[C@@H]1Nc1ccnc(C)n1.Cl.Cl. The van der Waals surface area contributed by atoms with Gasteiger partial charge in [-0.15, -0.1) is 24.8 Å². The van der Waals surface area contributed by atoms with Gasteiger partial charge in [0.15, 0.2) is 0 Å². The van der Waals surface area contributed by atoms with Gasteiger partial charge in [-0.1, -0.05) is 13.3 Å². The van der Waals surface area contributed by atoms with Crippen LogP contribution in [0, 0.1) is 12.8 Å². The maximum absolute atomic E-state index is 12.5. The van der Waals surface area contributed by atoms with Crippen LogP contribution in [0.25, 0.3) is 0 Å².